The van der Waals surface area contributed by atoms with Gasteiger partial charge in [-0.3, -0.25) is 0 Å². The summed E-state index contributed by atoms with van der Waals surface area (Å²) in [4.78, 5) is 12.3. The summed E-state index contributed by atoms with van der Waals surface area (Å²) >= 11 is 1.64. The lowest BCUT2D eigenvalue weighted by Gasteiger charge is -2.13. The molecule has 1 N–H and O–H groups in total. The van der Waals surface area contributed by atoms with Gasteiger partial charge in [0, 0.05) is 17.3 Å². The van der Waals surface area contributed by atoms with E-state index in [0.717, 1.165) is 17.1 Å². The fraction of sp³-hybridized carbons (Fsp3) is 0.462. The van der Waals surface area contributed by atoms with Crippen molar-refractivity contribution < 1.29 is 19.4 Å². The molecule has 0 fully saturated rings. The lowest BCUT2D eigenvalue weighted by atomic mass is 10.3. The summed E-state index contributed by atoms with van der Waals surface area (Å²) in [6.45, 7) is 1.85. The molecule has 0 spiro atoms. The SMILES string of the molecule is COC(=O)[C@H](C)Oc1cccc(SCCCO)c1. The number of aliphatic hydroxyl groups is 1. The van der Waals surface area contributed by atoms with Crippen molar-refractivity contribution in [2.24, 2.45) is 0 Å². The minimum absolute atomic E-state index is 0.197. The van der Waals surface area contributed by atoms with Gasteiger partial charge < -0.3 is 14.6 Å². The van der Waals surface area contributed by atoms with Gasteiger partial charge in [-0.05, 0) is 31.5 Å². The van der Waals surface area contributed by atoms with Crippen molar-refractivity contribution in [3.63, 3.8) is 0 Å². The number of carbonyl (C=O) groups is 1. The number of methoxy groups -OCH3 is 1. The fourth-order valence-electron chi connectivity index (χ4n) is 1.31. The van der Waals surface area contributed by atoms with Crippen molar-refractivity contribution in [3.05, 3.63) is 24.3 Å². The molecule has 1 aromatic carbocycles. The predicted molar refractivity (Wildman–Crippen MR) is 71.0 cm³/mol. The van der Waals surface area contributed by atoms with Gasteiger partial charge in [-0.2, -0.15) is 0 Å². The van der Waals surface area contributed by atoms with E-state index in [1.54, 1.807) is 24.8 Å². The highest BCUT2D eigenvalue weighted by Crippen LogP contribution is 2.24. The van der Waals surface area contributed by atoms with E-state index < -0.39 is 12.1 Å². The number of hydrogen-bond acceptors (Lipinski definition) is 5. The van der Waals surface area contributed by atoms with Crippen LogP contribution in [0.15, 0.2) is 29.2 Å². The zero-order valence-corrected chi connectivity index (χ0v) is 11.4. The average Bonchev–Trinajstić information content (AvgIpc) is 2.38. The Morgan fingerprint density at radius 2 is 2.28 bits per heavy atom. The number of ether oxygens (including phenoxy) is 2. The fourth-order valence-corrected chi connectivity index (χ4v) is 2.19. The minimum atomic E-state index is -0.618. The molecule has 1 aromatic rings. The van der Waals surface area contributed by atoms with Crippen molar-refractivity contribution in [1.82, 2.24) is 0 Å². The first-order valence-electron chi connectivity index (χ1n) is 5.75. The Balaban J connectivity index is 2.56. The molecule has 0 unspecified atom stereocenters. The van der Waals surface area contributed by atoms with Gasteiger partial charge in [0.25, 0.3) is 0 Å². The number of thioether (sulfide) groups is 1. The molecule has 0 radical (unpaired) electrons. The van der Waals surface area contributed by atoms with Crippen LogP contribution in [-0.4, -0.2) is 36.6 Å². The van der Waals surface area contributed by atoms with Crippen LogP contribution in [0.2, 0.25) is 0 Å². The molecule has 18 heavy (non-hydrogen) atoms. The highest BCUT2D eigenvalue weighted by atomic mass is 32.2. The van der Waals surface area contributed by atoms with Crippen molar-refractivity contribution in [1.29, 1.82) is 0 Å². The first kappa shape index (κ1) is 14.9. The summed E-state index contributed by atoms with van der Waals surface area (Å²) in [5.74, 6) is 1.10. The van der Waals surface area contributed by atoms with Crippen LogP contribution in [0.5, 0.6) is 5.75 Å². The van der Waals surface area contributed by atoms with Gasteiger partial charge in [0.15, 0.2) is 6.10 Å². The third-order valence-corrected chi connectivity index (χ3v) is 3.30. The summed E-state index contributed by atoms with van der Waals surface area (Å²) in [7, 11) is 1.34. The van der Waals surface area contributed by atoms with Crippen LogP contribution in [0.1, 0.15) is 13.3 Å². The van der Waals surface area contributed by atoms with E-state index in [2.05, 4.69) is 4.74 Å². The van der Waals surface area contributed by atoms with Crippen molar-refractivity contribution >= 4 is 17.7 Å². The van der Waals surface area contributed by atoms with Gasteiger partial charge in [-0.1, -0.05) is 6.07 Å². The Hall–Kier alpha value is -1.20. The first-order chi connectivity index (χ1) is 8.67. The lowest BCUT2D eigenvalue weighted by Crippen LogP contribution is -2.24. The molecule has 1 rings (SSSR count). The molecule has 0 saturated heterocycles. The number of carbonyl (C=O) groups excluding carboxylic acids is 1. The van der Waals surface area contributed by atoms with Gasteiger partial charge >= 0.3 is 5.97 Å². The van der Waals surface area contributed by atoms with Gasteiger partial charge in [0.2, 0.25) is 0 Å². The second-order valence-corrected chi connectivity index (χ2v) is 4.85. The van der Waals surface area contributed by atoms with Gasteiger partial charge in [-0.15, -0.1) is 11.8 Å². The van der Waals surface area contributed by atoms with Crippen LogP contribution in [0.25, 0.3) is 0 Å². The Morgan fingerprint density at radius 3 is 2.94 bits per heavy atom. The number of aliphatic hydroxyl groups excluding tert-OH is 1. The van der Waals surface area contributed by atoms with Crippen LogP contribution in [-0.2, 0) is 9.53 Å². The Kier molecular flexibility index (Phi) is 6.60. The molecule has 0 aliphatic carbocycles. The van der Waals surface area contributed by atoms with E-state index in [-0.39, 0.29) is 6.61 Å². The van der Waals surface area contributed by atoms with Crippen LogP contribution >= 0.6 is 11.8 Å². The summed E-state index contributed by atoms with van der Waals surface area (Å²) in [5, 5.41) is 8.72. The number of benzene rings is 1. The summed E-state index contributed by atoms with van der Waals surface area (Å²) in [5.41, 5.74) is 0. The molecule has 0 aliphatic rings. The van der Waals surface area contributed by atoms with E-state index in [4.69, 9.17) is 9.84 Å². The van der Waals surface area contributed by atoms with Crippen LogP contribution in [0.4, 0.5) is 0 Å². The van der Waals surface area contributed by atoms with Crippen LogP contribution < -0.4 is 4.74 Å². The first-order valence-corrected chi connectivity index (χ1v) is 6.74. The predicted octanol–water partition coefficient (Wildman–Crippen LogP) is 2.10. The minimum Gasteiger partial charge on any atom is -0.479 e. The summed E-state index contributed by atoms with van der Waals surface area (Å²) in [6.07, 6.45) is 0.140. The molecular weight excluding hydrogens is 252 g/mol. The number of esters is 1. The second kappa shape index (κ2) is 8.00. The quantitative estimate of drug-likeness (QED) is 0.467. The molecule has 1 atom stereocenters. The molecule has 5 heteroatoms. The topological polar surface area (TPSA) is 55.8 Å². The summed E-state index contributed by atoms with van der Waals surface area (Å²) < 4.78 is 10.1. The van der Waals surface area contributed by atoms with Crippen LogP contribution in [0.3, 0.4) is 0 Å². The maximum absolute atomic E-state index is 11.2. The maximum atomic E-state index is 11.2. The molecule has 4 nitrogen and oxygen atoms in total. The monoisotopic (exact) mass is 270 g/mol. The molecule has 0 aliphatic heterocycles. The van der Waals surface area contributed by atoms with Gasteiger partial charge in [-0.25, -0.2) is 4.79 Å². The largest absolute Gasteiger partial charge is 0.479 e. The Morgan fingerprint density at radius 1 is 1.50 bits per heavy atom. The smallest absolute Gasteiger partial charge is 0.346 e. The third kappa shape index (κ3) is 4.98. The average molecular weight is 270 g/mol. The Bertz CT molecular complexity index is 381. The molecule has 0 amide bonds. The molecule has 0 bridgehead atoms. The number of hydrogen-bond donors (Lipinski definition) is 1. The number of rotatable bonds is 7. The highest BCUT2D eigenvalue weighted by Gasteiger charge is 2.14. The van der Waals surface area contributed by atoms with Crippen molar-refractivity contribution in [2.45, 2.75) is 24.3 Å². The normalized spacial score (nSPS) is 11.9. The zero-order valence-electron chi connectivity index (χ0n) is 10.6. The molecular formula is C13H18O4S. The van der Waals surface area contributed by atoms with Crippen LogP contribution in [0, 0.1) is 0 Å². The maximum Gasteiger partial charge on any atom is 0.346 e. The molecule has 0 saturated carbocycles. The van der Waals surface area contributed by atoms with Gasteiger partial charge in [0.05, 0.1) is 7.11 Å². The van der Waals surface area contributed by atoms with E-state index in [1.807, 2.05) is 18.2 Å². The summed E-state index contributed by atoms with van der Waals surface area (Å²) in [6, 6.07) is 7.52. The van der Waals surface area contributed by atoms with Crippen molar-refractivity contribution in [2.75, 3.05) is 19.5 Å². The van der Waals surface area contributed by atoms with E-state index >= 15 is 0 Å². The Labute approximate surface area is 111 Å². The molecule has 0 aromatic heterocycles. The third-order valence-electron chi connectivity index (χ3n) is 2.22. The van der Waals surface area contributed by atoms with Crippen molar-refractivity contribution in [3.8, 4) is 5.75 Å². The zero-order chi connectivity index (χ0) is 13.4. The molecule has 0 heterocycles. The molecule has 100 valence electrons. The standard InChI is InChI=1S/C13H18O4S/c1-10(13(15)16-2)17-11-5-3-6-12(9-11)18-8-4-7-14/h3,5-6,9-10,14H,4,7-8H2,1-2H3/t10-/m0/s1. The second-order valence-electron chi connectivity index (χ2n) is 3.68. The lowest BCUT2D eigenvalue weighted by molar-refractivity contribution is -0.147. The van der Waals surface area contributed by atoms with E-state index in [9.17, 15) is 4.79 Å². The van der Waals surface area contributed by atoms with E-state index in [0.29, 0.717) is 5.75 Å². The highest BCUT2D eigenvalue weighted by molar-refractivity contribution is 7.99. The van der Waals surface area contributed by atoms with E-state index in [1.165, 1.54) is 7.11 Å². The van der Waals surface area contributed by atoms with Gasteiger partial charge in [0.1, 0.15) is 5.75 Å².